The minimum atomic E-state index is -3.64. The second-order valence-corrected chi connectivity index (χ2v) is 10.3. The number of fused-ring (bicyclic) bond motifs is 2. The van der Waals surface area contributed by atoms with Crippen LogP contribution < -0.4 is 4.90 Å². The van der Waals surface area contributed by atoms with E-state index in [9.17, 15) is 18.0 Å². The van der Waals surface area contributed by atoms with Crippen LogP contribution in [0.5, 0.6) is 0 Å². The number of halogens is 1. The first kappa shape index (κ1) is 21.0. The second kappa shape index (κ2) is 7.79. The molecule has 2 aromatic rings. The standard InChI is InChI=1S/C21H21BrN2O5S/c1-29-19(25)14-24-18-5-3-2-4-17(18)21(20(24)26)10-12-23(13-11-21)30(27,28)16-8-6-15(22)7-9-16/h2-9H,10-14H2,1H3. The Morgan fingerprint density at radius 3 is 2.37 bits per heavy atom. The van der Waals surface area contributed by atoms with Crippen molar-refractivity contribution in [1.29, 1.82) is 0 Å². The number of hydrogen-bond acceptors (Lipinski definition) is 5. The summed E-state index contributed by atoms with van der Waals surface area (Å²) < 4.78 is 33.0. The number of sulfonamides is 1. The van der Waals surface area contributed by atoms with Gasteiger partial charge in [0.25, 0.3) is 0 Å². The maximum absolute atomic E-state index is 13.4. The molecule has 0 N–H and O–H groups in total. The predicted octanol–water partition coefficient (Wildman–Crippen LogP) is 2.69. The minimum Gasteiger partial charge on any atom is -0.468 e. The van der Waals surface area contributed by atoms with Crippen LogP contribution in [0, 0.1) is 0 Å². The smallest absolute Gasteiger partial charge is 0.325 e. The highest BCUT2D eigenvalue weighted by Crippen LogP contribution is 2.48. The van der Waals surface area contributed by atoms with Crippen molar-refractivity contribution in [2.24, 2.45) is 0 Å². The summed E-state index contributed by atoms with van der Waals surface area (Å²) in [5.41, 5.74) is 0.716. The molecule has 2 aliphatic rings. The lowest BCUT2D eigenvalue weighted by Gasteiger charge is -2.37. The molecule has 4 rings (SSSR count). The Morgan fingerprint density at radius 1 is 1.10 bits per heavy atom. The van der Waals surface area contributed by atoms with E-state index in [0.29, 0.717) is 18.5 Å². The second-order valence-electron chi connectivity index (χ2n) is 7.42. The van der Waals surface area contributed by atoms with Gasteiger partial charge in [-0.25, -0.2) is 8.42 Å². The maximum Gasteiger partial charge on any atom is 0.325 e. The van der Waals surface area contributed by atoms with Gasteiger partial charge in [0.05, 0.1) is 17.4 Å². The summed E-state index contributed by atoms with van der Waals surface area (Å²) in [7, 11) is -2.36. The fourth-order valence-corrected chi connectivity index (χ4v) is 6.00. The summed E-state index contributed by atoms with van der Waals surface area (Å²) in [5.74, 6) is -0.666. The lowest BCUT2D eigenvalue weighted by molar-refractivity contribution is -0.140. The zero-order chi connectivity index (χ0) is 21.5. The summed E-state index contributed by atoms with van der Waals surface area (Å²) in [6, 6.07) is 13.9. The van der Waals surface area contributed by atoms with E-state index in [2.05, 4.69) is 15.9 Å². The third-order valence-corrected chi connectivity index (χ3v) is 8.35. The SMILES string of the molecule is COC(=O)CN1C(=O)C2(CCN(S(=O)(=O)c3ccc(Br)cc3)CC2)c2ccccc21. The van der Waals surface area contributed by atoms with Gasteiger partial charge in [0, 0.05) is 23.2 Å². The van der Waals surface area contributed by atoms with E-state index in [-0.39, 0.29) is 30.4 Å². The number of hydrogen-bond donors (Lipinski definition) is 0. The van der Waals surface area contributed by atoms with E-state index in [1.165, 1.54) is 16.3 Å². The van der Waals surface area contributed by atoms with Crippen LogP contribution in [0.2, 0.25) is 0 Å². The molecular formula is C21H21BrN2O5S. The number of anilines is 1. The largest absolute Gasteiger partial charge is 0.468 e. The van der Waals surface area contributed by atoms with Gasteiger partial charge < -0.3 is 9.64 Å². The van der Waals surface area contributed by atoms with Crippen LogP contribution >= 0.6 is 15.9 Å². The Balaban J connectivity index is 1.61. The molecule has 1 fully saturated rings. The van der Waals surface area contributed by atoms with E-state index < -0.39 is 21.4 Å². The number of benzene rings is 2. The molecule has 9 heteroatoms. The predicted molar refractivity (Wildman–Crippen MR) is 115 cm³/mol. The lowest BCUT2D eigenvalue weighted by Crippen LogP contribution is -2.50. The number of carbonyl (C=O) groups is 2. The molecule has 1 amide bonds. The molecule has 158 valence electrons. The van der Waals surface area contributed by atoms with Crippen molar-refractivity contribution >= 4 is 43.5 Å². The first-order valence-electron chi connectivity index (χ1n) is 9.53. The number of carbonyl (C=O) groups excluding carboxylic acids is 2. The third kappa shape index (κ3) is 3.34. The molecule has 0 aliphatic carbocycles. The van der Waals surface area contributed by atoms with Crippen LogP contribution in [0.15, 0.2) is 57.9 Å². The molecule has 1 spiro atoms. The number of esters is 1. The molecule has 0 bridgehead atoms. The van der Waals surface area contributed by atoms with Crippen LogP contribution in [0.1, 0.15) is 18.4 Å². The Hall–Kier alpha value is -2.23. The Kier molecular flexibility index (Phi) is 5.46. The summed E-state index contributed by atoms with van der Waals surface area (Å²) in [5, 5.41) is 0. The Labute approximate surface area is 183 Å². The van der Waals surface area contributed by atoms with Gasteiger partial charge in [-0.2, -0.15) is 4.31 Å². The van der Waals surface area contributed by atoms with Gasteiger partial charge >= 0.3 is 5.97 Å². The average Bonchev–Trinajstić information content (AvgIpc) is 2.97. The summed E-state index contributed by atoms with van der Waals surface area (Å²) in [6.45, 7) is 0.296. The van der Waals surface area contributed by atoms with Gasteiger partial charge in [-0.1, -0.05) is 34.1 Å². The van der Waals surface area contributed by atoms with Crippen LogP contribution in [0.4, 0.5) is 5.69 Å². The molecular weight excluding hydrogens is 472 g/mol. The molecule has 1 saturated heterocycles. The number of para-hydroxylation sites is 1. The van der Waals surface area contributed by atoms with Crippen molar-refractivity contribution < 1.29 is 22.7 Å². The topological polar surface area (TPSA) is 84.0 Å². The number of rotatable bonds is 4. The van der Waals surface area contributed by atoms with Crippen LogP contribution in [0.25, 0.3) is 0 Å². The number of methoxy groups -OCH3 is 1. The Morgan fingerprint density at radius 2 is 1.73 bits per heavy atom. The third-order valence-electron chi connectivity index (χ3n) is 5.91. The van der Waals surface area contributed by atoms with Gasteiger partial charge in [-0.05, 0) is 48.7 Å². The molecule has 30 heavy (non-hydrogen) atoms. The Bertz CT molecular complexity index is 1090. The first-order chi connectivity index (χ1) is 14.3. The molecule has 0 aromatic heterocycles. The number of nitrogens with zero attached hydrogens (tertiary/aromatic N) is 2. The number of amides is 1. The van der Waals surface area contributed by atoms with Crippen LogP contribution in [-0.4, -0.2) is 51.3 Å². The first-order valence-corrected chi connectivity index (χ1v) is 11.8. The summed E-state index contributed by atoms with van der Waals surface area (Å²) in [6.07, 6.45) is 0.715. The molecule has 0 saturated carbocycles. The van der Waals surface area contributed by atoms with Crippen LogP contribution in [0.3, 0.4) is 0 Å². The zero-order valence-corrected chi connectivity index (χ0v) is 18.8. The zero-order valence-electron chi connectivity index (χ0n) is 16.4. The summed E-state index contributed by atoms with van der Waals surface area (Å²) >= 11 is 3.31. The normalized spacial score (nSPS) is 18.5. The molecule has 2 heterocycles. The van der Waals surface area contributed by atoms with E-state index in [1.54, 1.807) is 24.3 Å². The van der Waals surface area contributed by atoms with E-state index in [4.69, 9.17) is 4.74 Å². The summed E-state index contributed by atoms with van der Waals surface area (Å²) in [4.78, 5) is 26.9. The minimum absolute atomic E-state index is 0.158. The lowest BCUT2D eigenvalue weighted by atomic mass is 9.74. The van der Waals surface area contributed by atoms with Crippen molar-refractivity contribution in [2.45, 2.75) is 23.2 Å². The van der Waals surface area contributed by atoms with E-state index >= 15 is 0 Å². The van der Waals surface area contributed by atoms with Crippen LogP contribution in [-0.2, 0) is 29.8 Å². The highest BCUT2D eigenvalue weighted by atomic mass is 79.9. The maximum atomic E-state index is 13.4. The van der Waals surface area contributed by atoms with Crippen molar-refractivity contribution in [1.82, 2.24) is 4.31 Å². The molecule has 2 aliphatic heterocycles. The van der Waals surface area contributed by atoms with Gasteiger partial charge in [0.1, 0.15) is 6.54 Å². The van der Waals surface area contributed by atoms with Gasteiger partial charge in [-0.15, -0.1) is 0 Å². The molecule has 7 nitrogen and oxygen atoms in total. The van der Waals surface area contributed by atoms with E-state index in [0.717, 1.165) is 10.0 Å². The highest BCUT2D eigenvalue weighted by molar-refractivity contribution is 9.10. The van der Waals surface area contributed by atoms with Crippen molar-refractivity contribution in [2.75, 3.05) is 31.6 Å². The van der Waals surface area contributed by atoms with Crippen molar-refractivity contribution in [3.05, 3.63) is 58.6 Å². The molecule has 0 radical (unpaired) electrons. The number of ether oxygens (including phenoxy) is 1. The fraction of sp³-hybridized carbons (Fsp3) is 0.333. The molecule has 0 atom stereocenters. The molecule has 2 aromatic carbocycles. The fourth-order valence-electron chi connectivity index (χ4n) is 4.29. The average molecular weight is 493 g/mol. The van der Waals surface area contributed by atoms with Gasteiger partial charge in [0.2, 0.25) is 15.9 Å². The quantitative estimate of drug-likeness (QED) is 0.612. The van der Waals surface area contributed by atoms with E-state index in [1.807, 2.05) is 24.3 Å². The van der Waals surface area contributed by atoms with Gasteiger partial charge in [-0.3, -0.25) is 9.59 Å². The van der Waals surface area contributed by atoms with Crippen molar-refractivity contribution in [3.8, 4) is 0 Å². The number of piperidine rings is 1. The monoisotopic (exact) mass is 492 g/mol. The van der Waals surface area contributed by atoms with Gasteiger partial charge in [0.15, 0.2) is 0 Å². The van der Waals surface area contributed by atoms with Crippen molar-refractivity contribution in [3.63, 3.8) is 0 Å². The highest BCUT2D eigenvalue weighted by Gasteiger charge is 2.53. The molecule has 0 unspecified atom stereocenters.